The van der Waals surface area contributed by atoms with Crippen molar-refractivity contribution < 1.29 is 9.59 Å². The molecule has 1 amide bonds. The third-order valence-corrected chi connectivity index (χ3v) is 3.39. The normalized spacial score (nSPS) is 30.1. The minimum Gasteiger partial charge on any atom is -0.307 e. The molecule has 2 rings (SSSR count). The van der Waals surface area contributed by atoms with Crippen LogP contribution in [0.3, 0.4) is 0 Å². The second kappa shape index (κ2) is 3.61. The molecule has 1 unspecified atom stereocenters. The van der Waals surface area contributed by atoms with Crippen molar-refractivity contribution in [2.75, 3.05) is 7.05 Å². The molecular weight excluding hydrogens is 216 g/mol. The van der Waals surface area contributed by atoms with Gasteiger partial charge in [-0.2, -0.15) is 0 Å². The summed E-state index contributed by atoms with van der Waals surface area (Å²) in [5, 5.41) is 3.47. The molecule has 2 aliphatic heterocycles. The van der Waals surface area contributed by atoms with Crippen LogP contribution >= 0.6 is 11.6 Å². The molecule has 2 heterocycles. The van der Waals surface area contributed by atoms with Crippen LogP contribution in [0.4, 0.5) is 0 Å². The minimum absolute atomic E-state index is 0.0504. The summed E-state index contributed by atoms with van der Waals surface area (Å²) < 4.78 is 0. The van der Waals surface area contributed by atoms with E-state index in [0.717, 1.165) is 6.42 Å². The molecule has 1 N–H and O–H groups in total. The number of hydrogen-bond donors (Lipinski definition) is 1. The van der Waals surface area contributed by atoms with Crippen molar-refractivity contribution in [3.63, 3.8) is 0 Å². The fraction of sp³-hybridized carbons (Fsp3) is 0.600. The van der Waals surface area contributed by atoms with Gasteiger partial charge in [0.05, 0.1) is 6.04 Å². The Kier molecular flexibility index (Phi) is 2.56. The molecule has 4 nitrogen and oxygen atoms in total. The van der Waals surface area contributed by atoms with Crippen molar-refractivity contribution >= 4 is 23.3 Å². The number of halogens is 1. The first-order chi connectivity index (χ1) is 7.07. The van der Waals surface area contributed by atoms with Crippen molar-refractivity contribution in [1.29, 1.82) is 0 Å². The van der Waals surface area contributed by atoms with Crippen LogP contribution < -0.4 is 5.32 Å². The van der Waals surface area contributed by atoms with Gasteiger partial charge < -0.3 is 10.2 Å². The number of ketones is 1. The van der Waals surface area contributed by atoms with Gasteiger partial charge in [-0.1, -0.05) is 11.6 Å². The van der Waals surface area contributed by atoms with E-state index in [0.29, 0.717) is 17.2 Å². The maximum atomic E-state index is 11.7. The Morgan fingerprint density at radius 2 is 2.27 bits per heavy atom. The maximum absolute atomic E-state index is 11.7. The molecule has 0 aromatic rings. The number of fused-ring (bicyclic) bond motifs is 1. The molecule has 0 radical (unpaired) electrons. The molecular formula is C10H13ClN2O2. The number of amides is 1. The smallest absolute Gasteiger partial charge is 0.246 e. The van der Waals surface area contributed by atoms with E-state index in [-0.39, 0.29) is 23.8 Å². The molecule has 0 aromatic heterocycles. The van der Waals surface area contributed by atoms with Crippen LogP contribution in [0.1, 0.15) is 19.8 Å². The van der Waals surface area contributed by atoms with E-state index in [1.54, 1.807) is 7.05 Å². The van der Waals surface area contributed by atoms with Crippen molar-refractivity contribution in [1.82, 2.24) is 10.2 Å². The standard InChI is InChI=1S/C10H13ClN2O2/c1-5(14)9-6(11)3-4-7-8(12-2)10(15)13(7)9/h7-8,12H,3-4H2,1-2H3/t7?,8-/m0/s1. The van der Waals surface area contributed by atoms with Crippen molar-refractivity contribution in [2.45, 2.75) is 31.8 Å². The zero-order valence-electron chi connectivity index (χ0n) is 8.71. The lowest BCUT2D eigenvalue weighted by Gasteiger charge is -2.50. The largest absolute Gasteiger partial charge is 0.307 e. The summed E-state index contributed by atoms with van der Waals surface area (Å²) in [5.41, 5.74) is 0.393. The number of rotatable bonds is 2. The molecule has 1 saturated heterocycles. The molecule has 0 bridgehead atoms. The lowest BCUT2D eigenvalue weighted by Crippen LogP contribution is -2.70. The number of Topliss-reactive ketones (excluding diaryl/α,β-unsaturated/α-hetero) is 1. The van der Waals surface area contributed by atoms with Gasteiger partial charge in [0.1, 0.15) is 11.7 Å². The van der Waals surface area contributed by atoms with Gasteiger partial charge in [-0.15, -0.1) is 0 Å². The van der Waals surface area contributed by atoms with Gasteiger partial charge in [-0.05, 0) is 19.9 Å². The Labute approximate surface area is 93.3 Å². The Morgan fingerprint density at radius 3 is 2.80 bits per heavy atom. The number of carbonyl (C=O) groups is 2. The zero-order chi connectivity index (χ0) is 11.2. The van der Waals surface area contributed by atoms with E-state index in [1.165, 1.54) is 11.8 Å². The minimum atomic E-state index is -0.149. The molecule has 0 saturated carbocycles. The first-order valence-corrected chi connectivity index (χ1v) is 5.35. The SMILES string of the molecule is CN[C@@H]1C(=O)N2C(C(C)=O)=C(Cl)CCC12. The fourth-order valence-corrected chi connectivity index (χ4v) is 2.65. The summed E-state index contributed by atoms with van der Waals surface area (Å²) in [6.45, 7) is 1.44. The number of hydrogen-bond acceptors (Lipinski definition) is 3. The maximum Gasteiger partial charge on any atom is 0.246 e. The van der Waals surface area contributed by atoms with Crippen LogP contribution in [0.2, 0.25) is 0 Å². The topological polar surface area (TPSA) is 49.4 Å². The van der Waals surface area contributed by atoms with Gasteiger partial charge in [-0.25, -0.2) is 0 Å². The third-order valence-electron chi connectivity index (χ3n) is 3.02. The van der Waals surface area contributed by atoms with Crippen LogP contribution in [0, 0.1) is 0 Å². The predicted octanol–water partition coefficient (Wildman–Crippen LogP) is 0.618. The summed E-state index contributed by atoms with van der Waals surface area (Å²) in [5.74, 6) is -0.182. The van der Waals surface area contributed by atoms with Crippen LogP contribution in [-0.2, 0) is 9.59 Å². The molecule has 82 valence electrons. The molecule has 0 spiro atoms. The summed E-state index contributed by atoms with van der Waals surface area (Å²) in [7, 11) is 1.76. The fourth-order valence-electron chi connectivity index (χ4n) is 2.32. The van der Waals surface area contributed by atoms with Crippen molar-refractivity contribution in [3.05, 3.63) is 10.7 Å². The first-order valence-electron chi connectivity index (χ1n) is 4.98. The quantitative estimate of drug-likeness (QED) is 0.705. The van der Waals surface area contributed by atoms with E-state index in [9.17, 15) is 9.59 Å². The van der Waals surface area contributed by atoms with E-state index in [1.807, 2.05) is 0 Å². The molecule has 1 fully saturated rings. The molecule has 5 heteroatoms. The lowest BCUT2D eigenvalue weighted by molar-refractivity contribution is -0.150. The van der Waals surface area contributed by atoms with Gasteiger partial charge in [0.25, 0.3) is 0 Å². The van der Waals surface area contributed by atoms with E-state index in [2.05, 4.69) is 5.32 Å². The van der Waals surface area contributed by atoms with Gasteiger partial charge in [0, 0.05) is 12.0 Å². The number of carbonyl (C=O) groups excluding carboxylic acids is 2. The van der Waals surface area contributed by atoms with Crippen LogP contribution in [0.15, 0.2) is 10.7 Å². The second-order valence-corrected chi connectivity index (χ2v) is 4.35. The average molecular weight is 229 g/mol. The van der Waals surface area contributed by atoms with Gasteiger partial charge in [-0.3, -0.25) is 9.59 Å². The Balaban J connectivity index is 2.32. The number of allylic oxidation sites excluding steroid dienone is 2. The molecule has 15 heavy (non-hydrogen) atoms. The number of β-lactam (4-membered cyclic amide) rings is 1. The van der Waals surface area contributed by atoms with Gasteiger partial charge >= 0.3 is 0 Å². The highest BCUT2D eigenvalue weighted by Gasteiger charge is 2.51. The third kappa shape index (κ3) is 1.40. The zero-order valence-corrected chi connectivity index (χ0v) is 9.47. The van der Waals surface area contributed by atoms with Crippen LogP contribution in [-0.4, -0.2) is 35.7 Å². The number of nitrogens with zero attached hydrogens (tertiary/aromatic N) is 1. The molecule has 0 aromatic carbocycles. The van der Waals surface area contributed by atoms with Crippen molar-refractivity contribution in [2.24, 2.45) is 0 Å². The number of likely N-dealkylation sites (N-methyl/N-ethyl adjacent to an activating group) is 1. The molecule has 2 aliphatic rings. The highest BCUT2D eigenvalue weighted by molar-refractivity contribution is 6.32. The second-order valence-electron chi connectivity index (χ2n) is 3.89. The average Bonchev–Trinajstić information content (AvgIpc) is 2.18. The Bertz CT molecular complexity index is 364. The summed E-state index contributed by atoms with van der Waals surface area (Å²) in [6, 6.07) is -0.0481. The highest BCUT2D eigenvalue weighted by Crippen LogP contribution is 2.37. The monoisotopic (exact) mass is 228 g/mol. The Morgan fingerprint density at radius 1 is 1.60 bits per heavy atom. The summed E-state index contributed by atoms with van der Waals surface area (Å²) >= 11 is 5.97. The predicted molar refractivity (Wildman–Crippen MR) is 56.3 cm³/mol. The summed E-state index contributed by atoms with van der Waals surface area (Å²) in [6.07, 6.45) is 1.51. The van der Waals surface area contributed by atoms with Gasteiger partial charge in [0.15, 0.2) is 5.78 Å². The van der Waals surface area contributed by atoms with Crippen molar-refractivity contribution in [3.8, 4) is 0 Å². The molecule has 0 aliphatic carbocycles. The first kappa shape index (κ1) is 10.6. The van der Waals surface area contributed by atoms with E-state index < -0.39 is 0 Å². The summed E-state index contributed by atoms with van der Waals surface area (Å²) in [4.78, 5) is 24.6. The number of nitrogens with one attached hydrogen (secondary N) is 1. The van der Waals surface area contributed by atoms with Crippen LogP contribution in [0.5, 0.6) is 0 Å². The molecule has 2 atom stereocenters. The van der Waals surface area contributed by atoms with Gasteiger partial charge in [0.2, 0.25) is 5.91 Å². The van der Waals surface area contributed by atoms with E-state index in [4.69, 9.17) is 11.6 Å². The lowest BCUT2D eigenvalue weighted by atomic mass is 9.86. The Hall–Kier alpha value is -0.870. The van der Waals surface area contributed by atoms with Crippen LogP contribution in [0.25, 0.3) is 0 Å². The highest BCUT2D eigenvalue weighted by atomic mass is 35.5. The van der Waals surface area contributed by atoms with E-state index >= 15 is 0 Å².